The average Bonchev–Trinajstić information content (AvgIpc) is 3.13. The first-order chi connectivity index (χ1) is 15.6. The first-order valence-electron chi connectivity index (χ1n) is 10.8. The molecule has 32 heavy (non-hydrogen) atoms. The van der Waals surface area contributed by atoms with Gasteiger partial charge in [0.15, 0.2) is 6.10 Å². The lowest BCUT2D eigenvalue weighted by Gasteiger charge is -2.42. The van der Waals surface area contributed by atoms with E-state index in [1.54, 1.807) is 12.3 Å². The number of fused-ring (bicyclic) bond motifs is 2. The summed E-state index contributed by atoms with van der Waals surface area (Å²) in [7, 11) is 0. The Bertz CT molecular complexity index is 1140. The minimum Gasteiger partial charge on any atom is -0.479 e. The summed E-state index contributed by atoms with van der Waals surface area (Å²) in [6.07, 6.45) is 2.71. The van der Waals surface area contributed by atoms with Crippen molar-refractivity contribution in [2.75, 3.05) is 23.7 Å². The van der Waals surface area contributed by atoms with Gasteiger partial charge in [-0.2, -0.15) is 0 Å². The Morgan fingerprint density at radius 2 is 1.91 bits per heavy atom. The molecular formula is C25H25ClN4O2. The largest absolute Gasteiger partial charge is 0.479 e. The number of nitrogens with zero attached hydrogens (tertiary/aromatic N) is 2. The number of halogens is 1. The van der Waals surface area contributed by atoms with Crippen LogP contribution in [-0.2, 0) is 16.8 Å². The van der Waals surface area contributed by atoms with Crippen molar-refractivity contribution in [1.29, 1.82) is 0 Å². The SMILES string of the molecule is Nc1ccnc(N2CCC3(CC2)c2ccccc2O[C@H]3C(=O)NCc2ccccc2Cl)c1. The summed E-state index contributed by atoms with van der Waals surface area (Å²) in [5, 5.41) is 3.69. The fourth-order valence-electron chi connectivity index (χ4n) is 4.86. The number of anilines is 2. The van der Waals surface area contributed by atoms with Gasteiger partial charge in [0.1, 0.15) is 11.6 Å². The Balaban J connectivity index is 1.37. The summed E-state index contributed by atoms with van der Waals surface area (Å²) in [4.78, 5) is 20.0. The number of amides is 1. The number of piperidine rings is 1. The van der Waals surface area contributed by atoms with Crippen molar-refractivity contribution < 1.29 is 9.53 Å². The fourth-order valence-corrected chi connectivity index (χ4v) is 5.06. The average molecular weight is 449 g/mol. The quantitative estimate of drug-likeness (QED) is 0.632. The van der Waals surface area contributed by atoms with Crippen molar-refractivity contribution in [3.63, 3.8) is 0 Å². The van der Waals surface area contributed by atoms with E-state index in [4.69, 9.17) is 22.1 Å². The van der Waals surface area contributed by atoms with Crippen LogP contribution in [0.4, 0.5) is 11.5 Å². The monoisotopic (exact) mass is 448 g/mol. The van der Waals surface area contributed by atoms with Crippen LogP contribution in [0.25, 0.3) is 0 Å². The van der Waals surface area contributed by atoms with E-state index >= 15 is 0 Å². The van der Waals surface area contributed by atoms with Gasteiger partial charge in [0.05, 0.1) is 0 Å². The number of hydrogen-bond acceptors (Lipinski definition) is 5. The van der Waals surface area contributed by atoms with Gasteiger partial charge in [-0.15, -0.1) is 0 Å². The number of pyridine rings is 1. The van der Waals surface area contributed by atoms with Crippen LogP contribution < -0.4 is 20.7 Å². The standard InChI is InChI=1S/C25H25ClN4O2/c26-20-7-3-1-5-17(20)16-29-24(31)23-25(19-6-2-4-8-21(19)32-23)10-13-30(14-11-25)22-15-18(27)9-12-28-22/h1-9,12,15,23H,10-11,13-14,16H2,(H2,27,28)(H,29,31)/t23-/m0/s1. The number of carbonyl (C=O) groups excluding carboxylic acids is 1. The lowest BCUT2D eigenvalue weighted by atomic mass is 9.69. The molecule has 1 amide bonds. The Labute approximate surface area is 192 Å². The number of ether oxygens (including phenoxy) is 1. The first kappa shape index (κ1) is 20.6. The zero-order valence-electron chi connectivity index (χ0n) is 17.6. The van der Waals surface area contributed by atoms with Crippen LogP contribution in [0.15, 0.2) is 66.9 Å². The Kier molecular flexibility index (Phi) is 5.39. The number of aromatic nitrogens is 1. The van der Waals surface area contributed by atoms with Crippen LogP contribution in [0.3, 0.4) is 0 Å². The van der Waals surface area contributed by atoms with Gasteiger partial charge >= 0.3 is 0 Å². The number of rotatable bonds is 4. The van der Waals surface area contributed by atoms with E-state index in [-0.39, 0.29) is 11.3 Å². The molecule has 0 saturated carbocycles. The molecule has 3 aromatic rings. The predicted molar refractivity (Wildman–Crippen MR) is 126 cm³/mol. The molecule has 2 aliphatic rings. The normalized spacial score (nSPS) is 18.8. The lowest BCUT2D eigenvalue weighted by Crippen LogP contribution is -2.54. The molecule has 0 unspecified atom stereocenters. The second-order valence-electron chi connectivity index (χ2n) is 8.39. The van der Waals surface area contributed by atoms with E-state index in [9.17, 15) is 4.79 Å². The number of nitrogens with one attached hydrogen (secondary N) is 1. The van der Waals surface area contributed by atoms with Gasteiger partial charge in [0.2, 0.25) is 0 Å². The fraction of sp³-hybridized carbons (Fsp3) is 0.280. The Morgan fingerprint density at radius 1 is 1.16 bits per heavy atom. The summed E-state index contributed by atoms with van der Waals surface area (Å²) in [5.74, 6) is 1.55. The minimum absolute atomic E-state index is 0.114. The number of carbonyl (C=O) groups is 1. The molecule has 7 heteroatoms. The van der Waals surface area contributed by atoms with E-state index in [0.717, 1.165) is 48.6 Å². The molecule has 164 valence electrons. The van der Waals surface area contributed by atoms with Gasteiger partial charge in [-0.05, 0) is 36.6 Å². The van der Waals surface area contributed by atoms with Crippen molar-refractivity contribution in [2.24, 2.45) is 0 Å². The molecule has 3 N–H and O–H groups in total. The van der Waals surface area contributed by atoms with Crippen LogP contribution >= 0.6 is 11.6 Å². The summed E-state index contributed by atoms with van der Waals surface area (Å²) < 4.78 is 6.24. The van der Waals surface area contributed by atoms with E-state index in [1.165, 1.54) is 0 Å². The lowest BCUT2D eigenvalue weighted by molar-refractivity contribution is -0.130. The minimum atomic E-state index is -0.585. The van der Waals surface area contributed by atoms with Crippen molar-refractivity contribution >= 4 is 29.0 Å². The molecule has 2 aromatic carbocycles. The summed E-state index contributed by atoms with van der Waals surface area (Å²) in [5.41, 5.74) is 8.26. The number of nitrogens with two attached hydrogens (primary N) is 1. The molecule has 0 aliphatic carbocycles. The predicted octanol–water partition coefficient (Wildman–Crippen LogP) is 3.93. The highest BCUT2D eigenvalue weighted by atomic mass is 35.5. The summed E-state index contributed by atoms with van der Waals surface area (Å²) in [6.45, 7) is 1.90. The van der Waals surface area contributed by atoms with Gasteiger partial charge in [-0.3, -0.25) is 4.79 Å². The number of hydrogen-bond donors (Lipinski definition) is 2. The third kappa shape index (κ3) is 3.65. The van der Waals surface area contributed by atoms with Gasteiger partial charge in [0.25, 0.3) is 5.91 Å². The number of nitrogen functional groups attached to an aromatic ring is 1. The molecule has 5 rings (SSSR count). The van der Waals surface area contributed by atoms with Crippen LogP contribution in [0, 0.1) is 0 Å². The molecule has 6 nitrogen and oxygen atoms in total. The van der Waals surface area contributed by atoms with Crippen LogP contribution in [0.1, 0.15) is 24.0 Å². The zero-order valence-corrected chi connectivity index (χ0v) is 18.4. The van der Waals surface area contributed by atoms with Crippen molar-refractivity contribution in [1.82, 2.24) is 10.3 Å². The van der Waals surface area contributed by atoms with E-state index < -0.39 is 6.10 Å². The maximum atomic E-state index is 13.3. The molecule has 1 aromatic heterocycles. The highest BCUT2D eigenvalue weighted by Gasteiger charge is 2.53. The topological polar surface area (TPSA) is 80.5 Å². The van der Waals surface area contributed by atoms with Gasteiger partial charge in [0, 0.05) is 53.6 Å². The molecule has 0 radical (unpaired) electrons. The third-order valence-corrected chi connectivity index (χ3v) is 6.94. The van der Waals surface area contributed by atoms with Crippen LogP contribution in [0.5, 0.6) is 5.75 Å². The van der Waals surface area contributed by atoms with Crippen molar-refractivity contribution in [2.45, 2.75) is 30.9 Å². The van der Waals surface area contributed by atoms with Gasteiger partial charge in [-0.1, -0.05) is 48.0 Å². The van der Waals surface area contributed by atoms with Crippen LogP contribution in [-0.4, -0.2) is 30.1 Å². The number of para-hydroxylation sites is 1. The Morgan fingerprint density at radius 3 is 2.69 bits per heavy atom. The molecule has 0 bridgehead atoms. The molecule has 2 aliphatic heterocycles. The molecule has 1 spiro atoms. The van der Waals surface area contributed by atoms with E-state index in [1.807, 2.05) is 48.5 Å². The summed E-state index contributed by atoms with van der Waals surface area (Å²) in [6, 6.07) is 19.2. The number of benzene rings is 2. The molecular weight excluding hydrogens is 424 g/mol. The molecule has 1 atom stereocenters. The molecule has 1 saturated heterocycles. The van der Waals surface area contributed by atoms with Gasteiger partial charge in [-0.25, -0.2) is 4.98 Å². The maximum Gasteiger partial charge on any atom is 0.262 e. The third-order valence-electron chi connectivity index (χ3n) is 6.57. The highest BCUT2D eigenvalue weighted by Crippen LogP contribution is 2.49. The van der Waals surface area contributed by atoms with Crippen molar-refractivity contribution in [3.8, 4) is 5.75 Å². The van der Waals surface area contributed by atoms with Crippen LogP contribution in [0.2, 0.25) is 5.02 Å². The molecule has 3 heterocycles. The first-order valence-corrected chi connectivity index (χ1v) is 11.2. The second-order valence-corrected chi connectivity index (χ2v) is 8.80. The highest BCUT2D eigenvalue weighted by molar-refractivity contribution is 6.31. The van der Waals surface area contributed by atoms with Crippen molar-refractivity contribution in [3.05, 3.63) is 83.0 Å². The van der Waals surface area contributed by atoms with Gasteiger partial charge < -0.3 is 20.7 Å². The second kappa shape index (κ2) is 8.36. The van der Waals surface area contributed by atoms with E-state index in [2.05, 4.69) is 21.3 Å². The summed E-state index contributed by atoms with van der Waals surface area (Å²) >= 11 is 6.27. The Hall–Kier alpha value is -3.25. The smallest absolute Gasteiger partial charge is 0.262 e. The maximum absolute atomic E-state index is 13.3. The zero-order chi connectivity index (χ0) is 22.1. The van der Waals surface area contributed by atoms with E-state index in [0.29, 0.717) is 17.3 Å². The molecule has 1 fully saturated rings.